The fourth-order valence-electron chi connectivity index (χ4n) is 17.0. The molecular formula is C105H211N15O3. The van der Waals surface area contributed by atoms with Crippen molar-refractivity contribution in [3.63, 3.8) is 0 Å². The zero-order chi connectivity index (χ0) is 93.9. The van der Waals surface area contributed by atoms with Crippen molar-refractivity contribution in [3.05, 3.63) is 60.4 Å². The number of nitrogens with zero attached hydrogens (tertiary/aromatic N) is 14. The second-order valence-electron chi connectivity index (χ2n) is 46.6. The van der Waals surface area contributed by atoms with Crippen molar-refractivity contribution in [2.75, 3.05) is 235 Å². The van der Waals surface area contributed by atoms with E-state index in [1.165, 1.54) is 200 Å². The van der Waals surface area contributed by atoms with Gasteiger partial charge in [0.25, 0.3) is 0 Å². The van der Waals surface area contributed by atoms with Gasteiger partial charge in [-0.25, -0.2) is 0 Å². The Morgan fingerprint density at radius 1 is 0.415 bits per heavy atom. The number of benzene rings is 1. The summed E-state index contributed by atoms with van der Waals surface area (Å²) in [6.45, 7) is 119. The van der Waals surface area contributed by atoms with Crippen LogP contribution in [0.2, 0.25) is 0 Å². The predicted octanol–water partition coefficient (Wildman–Crippen LogP) is 19.8. The lowest BCUT2D eigenvalue weighted by atomic mass is 9.86. The zero-order valence-corrected chi connectivity index (χ0v) is 89.1. The first-order valence-electron chi connectivity index (χ1n) is 49.9. The van der Waals surface area contributed by atoms with E-state index in [1.807, 2.05) is 40.1 Å². The summed E-state index contributed by atoms with van der Waals surface area (Å²) in [6, 6.07) is 15.6. The number of carbonyl (C=O) groups excluding carboxylic acids is 1. The van der Waals surface area contributed by atoms with Gasteiger partial charge in [-0.15, -0.1) is 0 Å². The Kier molecular flexibility index (Phi) is 55.8. The third-order valence-corrected chi connectivity index (χ3v) is 25.4. The Balaban J connectivity index is 0.000000688. The highest BCUT2D eigenvalue weighted by Gasteiger charge is 2.35. The number of anilines is 1. The number of aromatic nitrogens is 1. The Morgan fingerprint density at radius 2 is 0.772 bits per heavy atom. The lowest BCUT2D eigenvalue weighted by Gasteiger charge is -2.46. The number of hydrogen-bond donors (Lipinski definition) is 1. The molecule has 1 saturated carbocycles. The molecule has 1 amide bonds. The Labute approximate surface area is 766 Å². The number of likely N-dealkylation sites (tertiary alicyclic amines) is 3. The Morgan fingerprint density at radius 3 is 1.07 bits per heavy atom. The number of methoxy groups -OCH3 is 1. The smallest absolute Gasteiger partial charge is 0.234 e. The van der Waals surface area contributed by atoms with Crippen molar-refractivity contribution in [3.8, 4) is 0 Å². The van der Waals surface area contributed by atoms with Gasteiger partial charge in [-0.05, 0) is 295 Å². The van der Waals surface area contributed by atoms with Gasteiger partial charge < -0.3 is 29.5 Å². The number of piperidine rings is 1. The molecule has 9 saturated heterocycles. The maximum atomic E-state index is 11.0. The third kappa shape index (κ3) is 53.9. The van der Waals surface area contributed by atoms with Crippen molar-refractivity contribution in [1.29, 1.82) is 0 Å². The molecule has 18 nitrogen and oxygen atoms in total. The second-order valence-corrected chi connectivity index (χ2v) is 46.6. The molecule has 0 unspecified atom stereocenters. The number of ether oxygens (including phenoxy) is 2. The number of carbonyl (C=O) groups is 1. The molecule has 10 aliphatic rings. The number of hydrogen-bond acceptors (Lipinski definition) is 17. The van der Waals surface area contributed by atoms with Crippen LogP contribution in [0.15, 0.2) is 54.9 Å². The summed E-state index contributed by atoms with van der Waals surface area (Å²) in [4.78, 5) is 47.9. The van der Waals surface area contributed by atoms with Gasteiger partial charge in [0, 0.05) is 221 Å². The molecule has 12 rings (SSSR count). The zero-order valence-electron chi connectivity index (χ0n) is 89.1. The normalized spacial score (nSPS) is 20.9. The highest BCUT2D eigenvalue weighted by molar-refractivity contribution is 5.78. The van der Waals surface area contributed by atoms with Crippen LogP contribution in [0.3, 0.4) is 0 Å². The molecule has 0 radical (unpaired) electrons. The molecule has 18 heteroatoms. The van der Waals surface area contributed by atoms with Crippen molar-refractivity contribution in [1.82, 2.24) is 69.1 Å². The molecule has 1 N–H and O–H groups in total. The van der Waals surface area contributed by atoms with E-state index in [9.17, 15) is 4.79 Å². The lowest BCUT2D eigenvalue weighted by molar-refractivity contribution is -0.125. The maximum absolute atomic E-state index is 11.0. The van der Waals surface area contributed by atoms with Crippen LogP contribution in [0.25, 0.3) is 0 Å². The average Bonchev–Trinajstić information content (AvgIpc) is 1.64. The minimum atomic E-state index is 0.123. The van der Waals surface area contributed by atoms with Crippen LogP contribution in [0, 0.1) is 22.7 Å². The first-order valence-corrected chi connectivity index (χ1v) is 49.9. The fourth-order valence-corrected chi connectivity index (χ4v) is 17.0. The van der Waals surface area contributed by atoms with Gasteiger partial charge in [-0.3, -0.25) is 58.8 Å². The maximum Gasteiger partial charge on any atom is 0.234 e. The van der Waals surface area contributed by atoms with Gasteiger partial charge in [-0.2, -0.15) is 0 Å². The number of amides is 1. The minimum Gasteiger partial charge on any atom is -0.383 e. The first kappa shape index (κ1) is 118. The van der Waals surface area contributed by atoms with Crippen LogP contribution in [0.1, 0.15) is 313 Å². The molecule has 10 heterocycles. The van der Waals surface area contributed by atoms with E-state index in [2.05, 4.69) is 345 Å². The second kappa shape index (κ2) is 58.1. The number of pyridine rings is 1. The van der Waals surface area contributed by atoms with Crippen molar-refractivity contribution in [2.24, 2.45) is 22.7 Å². The van der Waals surface area contributed by atoms with Crippen LogP contribution in [-0.4, -0.2) is 345 Å². The van der Waals surface area contributed by atoms with Gasteiger partial charge in [0.05, 0.1) is 26.4 Å². The highest BCUT2D eigenvalue weighted by Crippen LogP contribution is 2.44. The summed E-state index contributed by atoms with van der Waals surface area (Å²) in [7, 11) is 4.01. The lowest BCUT2D eigenvalue weighted by Crippen LogP contribution is -2.56. The van der Waals surface area contributed by atoms with Crippen molar-refractivity contribution >= 4 is 11.6 Å². The molecule has 123 heavy (non-hydrogen) atoms. The van der Waals surface area contributed by atoms with E-state index >= 15 is 0 Å². The number of piperazine rings is 5. The van der Waals surface area contributed by atoms with Crippen LogP contribution in [0.5, 0.6) is 0 Å². The molecule has 0 bridgehead atoms. The van der Waals surface area contributed by atoms with Crippen LogP contribution in [0.4, 0.5) is 5.69 Å². The van der Waals surface area contributed by atoms with E-state index in [0.29, 0.717) is 56.0 Å². The van der Waals surface area contributed by atoms with Crippen molar-refractivity contribution in [2.45, 2.75) is 357 Å². The summed E-state index contributed by atoms with van der Waals surface area (Å²) < 4.78 is 10.3. The van der Waals surface area contributed by atoms with E-state index < -0.39 is 0 Å². The molecule has 10 fully saturated rings. The highest BCUT2D eigenvalue weighted by atomic mass is 16.5. The first-order chi connectivity index (χ1) is 57.0. The monoisotopic (exact) mass is 1730 g/mol. The summed E-state index contributed by atoms with van der Waals surface area (Å²) in [6.07, 6.45) is 16.4. The van der Waals surface area contributed by atoms with Gasteiger partial charge in [0.2, 0.25) is 5.91 Å². The average molecular weight is 1730 g/mol. The summed E-state index contributed by atoms with van der Waals surface area (Å²) in [5.74, 6) is 2.04. The van der Waals surface area contributed by atoms with Crippen LogP contribution < -0.4 is 10.2 Å². The topological polar surface area (TPSA) is 103 Å². The molecule has 0 atom stereocenters. The van der Waals surface area contributed by atoms with Gasteiger partial charge in [0.15, 0.2) is 0 Å². The molecular weight excluding hydrogens is 1520 g/mol. The van der Waals surface area contributed by atoms with E-state index in [4.69, 9.17) is 9.47 Å². The SMILES string of the molecule is CC.CC.CC(C)(C)C1CC1.CC(C)(C)N1CCCC1.CC(C)(C)N1CCN(CCN2CCCC2)CC1.CC(C)(C)N1CCN(c2ccncc2)CC1.CC(C)(C)N1CCNC(=O)C1.CC(C)(C)N1CCOCC1.CC(C)(C)c1ccccc1.CC(C)CC(C)(C)C.CN1CCC(N2CCN(C(C)(C)C)CC2)CC1.COCCN1CCN(C(C)(C)C)CC1. The molecule has 2 aromatic rings. The molecule has 9 aliphatic heterocycles. The fraction of sp³-hybridized carbons (Fsp3) is 0.886. The van der Waals surface area contributed by atoms with Crippen LogP contribution >= 0.6 is 0 Å². The number of rotatable bonds is 9. The largest absolute Gasteiger partial charge is 0.383 e. The van der Waals surface area contributed by atoms with Crippen molar-refractivity contribution < 1.29 is 14.3 Å². The van der Waals surface area contributed by atoms with E-state index in [0.717, 1.165) is 96.6 Å². The quantitative estimate of drug-likeness (QED) is 0.257. The van der Waals surface area contributed by atoms with Gasteiger partial charge >= 0.3 is 0 Å². The minimum absolute atomic E-state index is 0.123. The van der Waals surface area contributed by atoms with Gasteiger partial charge in [-0.1, -0.05) is 134 Å². The van der Waals surface area contributed by atoms with Crippen LogP contribution in [-0.2, 0) is 19.7 Å². The van der Waals surface area contributed by atoms with E-state index in [-0.39, 0.29) is 11.4 Å². The standard InChI is InChI=1S/2C14H29N3.C13H21N3.C11H24N2O.C10H14.C8H16N2O.C8H17NO.C8H17N.C8H18.C7H14.2C2H6/c1-14(2,3)17-11-9-16(10-12-17)13-5-7-15(4)8-6-13;1-14(2,3)17-12-10-16(11-13-17)9-8-15-6-4-5-7-15;1-13(2,3)16-10-8-15(9-11-16)12-4-6-14-7-5-12;1-11(2,3)13-7-5-12(6-8-13)9-10-14-4;1-10(2,3)9-7-5-4-6-8-9;1-8(2,3)10-5-4-9-7(11)6-10;1-8(2,3)9-4-6-10-7-5-9;1-8(2,3)9-6-4-5-7-9;1-7(2)6-8(3,4)5;1-7(2,3)6-4-5-6;2*1-2/h13H,5-12H2,1-4H3;4-13H2,1-3H3;4-7H,8-11H2,1-3H3;5-10H2,1-4H3;4-8H,1-3H3;4-6H2,1-3H3,(H,9,11);4-7H2,1-3H3;4-7H2,1-3H3;7H,6H2,1-5H3;6H,4-5H2,1-3H3;2*1-2H3. The Bertz CT molecular complexity index is 2860. The summed E-state index contributed by atoms with van der Waals surface area (Å²) in [5, 5.41) is 2.80. The molecule has 1 aromatic heterocycles. The molecule has 724 valence electrons. The predicted molar refractivity (Wildman–Crippen MR) is 540 cm³/mol. The van der Waals surface area contributed by atoms with Gasteiger partial charge in [0.1, 0.15) is 0 Å². The molecule has 1 aromatic carbocycles. The number of nitrogens with one attached hydrogen (secondary N) is 1. The summed E-state index contributed by atoms with van der Waals surface area (Å²) >= 11 is 0. The number of morpholine rings is 1. The Hall–Kier alpha value is -2.92. The molecule has 0 spiro atoms. The third-order valence-electron chi connectivity index (χ3n) is 25.4. The summed E-state index contributed by atoms with van der Waals surface area (Å²) in [5.41, 5.74) is 6.30. The molecule has 1 aliphatic carbocycles. The van der Waals surface area contributed by atoms with E-state index in [1.54, 1.807) is 7.11 Å².